The monoisotopic (exact) mass is 580 g/mol. The van der Waals surface area contributed by atoms with Crippen LogP contribution in [0.1, 0.15) is 19.3 Å². The number of rotatable bonds is 14. The van der Waals surface area contributed by atoms with Crippen molar-refractivity contribution >= 4 is 147 Å². The fourth-order valence-electron chi connectivity index (χ4n) is 2.67. The Kier molecular flexibility index (Phi) is 17.3. The minimum Gasteiger partial charge on any atom is -0.178 e. The van der Waals surface area contributed by atoms with Crippen molar-refractivity contribution in [1.82, 2.24) is 0 Å². The van der Waals surface area contributed by atoms with Crippen molar-refractivity contribution < 1.29 is 0 Å². The van der Waals surface area contributed by atoms with Crippen LogP contribution in [0.4, 0.5) is 0 Å². The molecular formula is C14H28S12. The summed E-state index contributed by atoms with van der Waals surface area (Å²) in [6, 6.07) is 0. The molecule has 0 aromatic heterocycles. The molecule has 5 unspecified atom stereocenters. The molecule has 0 amide bonds. The summed E-state index contributed by atoms with van der Waals surface area (Å²) in [5, 5.41) is 4.91. The van der Waals surface area contributed by atoms with E-state index in [4.69, 9.17) is 25.3 Å². The zero-order valence-corrected chi connectivity index (χ0v) is 24.6. The smallest absolute Gasteiger partial charge is 0.0858 e. The van der Waals surface area contributed by atoms with Gasteiger partial charge in [0.25, 0.3) is 0 Å². The lowest BCUT2D eigenvalue weighted by Crippen LogP contribution is -2.43. The molecule has 1 rings (SSSR count). The van der Waals surface area contributed by atoms with Crippen LogP contribution >= 0.6 is 147 Å². The molecule has 0 saturated carbocycles. The second kappa shape index (κ2) is 15.9. The Morgan fingerprint density at radius 1 is 0.885 bits per heavy atom. The Hall–Kier alpha value is 4.20. The maximum absolute atomic E-state index is 5.13. The Morgan fingerprint density at radius 3 is 2.08 bits per heavy atom. The molecule has 0 aromatic rings. The van der Waals surface area contributed by atoms with E-state index in [1.807, 2.05) is 47.0 Å². The summed E-state index contributed by atoms with van der Waals surface area (Å²) in [5.74, 6) is 0.791. The van der Waals surface area contributed by atoms with E-state index in [1.54, 1.807) is 0 Å². The standard InChI is InChI=1S/C14H28S12/c15-4-9(19)1-2-11(20)14(25-6-17,26-7-18)12(21)3-10-13(22-5-16)24-8-23-10/h9-13,15-21H,1-8H2. The normalized spacial score (nSPS) is 24.6. The Morgan fingerprint density at radius 2 is 1.54 bits per heavy atom. The number of thiol groups is 7. The van der Waals surface area contributed by atoms with Crippen molar-refractivity contribution in [2.45, 2.75) is 48.9 Å². The topological polar surface area (TPSA) is 0 Å². The first-order valence-corrected chi connectivity index (χ1v) is 17.2. The van der Waals surface area contributed by atoms with Crippen LogP contribution in [-0.2, 0) is 0 Å². The van der Waals surface area contributed by atoms with Crippen LogP contribution in [0.25, 0.3) is 0 Å². The SMILES string of the molecule is SCSC1SCSC1CC(S)C(SCS)(SCS)C(S)CCC(S)CS. The van der Waals surface area contributed by atoms with Gasteiger partial charge in [0.2, 0.25) is 0 Å². The van der Waals surface area contributed by atoms with Gasteiger partial charge in [0.05, 0.1) is 8.66 Å². The summed E-state index contributed by atoms with van der Waals surface area (Å²) in [5.41, 5.74) is 0. The van der Waals surface area contributed by atoms with Gasteiger partial charge in [-0.3, -0.25) is 0 Å². The largest absolute Gasteiger partial charge is 0.178 e. The number of hydrogen-bond donors (Lipinski definition) is 7. The van der Waals surface area contributed by atoms with Crippen LogP contribution in [0.15, 0.2) is 0 Å². The van der Waals surface area contributed by atoms with E-state index >= 15 is 0 Å². The molecule has 1 aliphatic heterocycles. The molecule has 1 saturated heterocycles. The average Bonchev–Trinajstić information content (AvgIpc) is 3.06. The van der Waals surface area contributed by atoms with Crippen LogP contribution in [0.2, 0.25) is 0 Å². The van der Waals surface area contributed by atoms with Gasteiger partial charge >= 0.3 is 0 Å². The van der Waals surface area contributed by atoms with Gasteiger partial charge in [0.1, 0.15) is 0 Å². The molecule has 0 nitrogen and oxygen atoms in total. The zero-order chi connectivity index (χ0) is 19.6. The number of hydrogen-bond acceptors (Lipinski definition) is 12. The summed E-state index contributed by atoms with van der Waals surface area (Å²) in [6.07, 6.45) is 3.08. The van der Waals surface area contributed by atoms with Gasteiger partial charge in [0, 0.05) is 47.1 Å². The maximum Gasteiger partial charge on any atom is 0.0858 e. The van der Waals surface area contributed by atoms with Crippen LogP contribution in [-0.4, -0.2) is 55.8 Å². The van der Waals surface area contributed by atoms with Gasteiger partial charge in [-0.15, -0.1) is 58.8 Å². The average molecular weight is 581 g/mol. The molecule has 1 heterocycles. The molecule has 0 bridgehead atoms. The highest BCUT2D eigenvalue weighted by Gasteiger charge is 2.45. The molecule has 0 radical (unpaired) electrons. The Balaban J connectivity index is 2.87. The van der Waals surface area contributed by atoms with Gasteiger partial charge in [0.15, 0.2) is 0 Å². The fourth-order valence-corrected chi connectivity index (χ4v) is 14.6. The maximum atomic E-state index is 5.13. The molecule has 5 atom stereocenters. The van der Waals surface area contributed by atoms with E-state index in [-0.39, 0.29) is 14.6 Å². The molecule has 0 N–H and O–H groups in total. The van der Waals surface area contributed by atoms with Crippen molar-refractivity contribution in [2.24, 2.45) is 0 Å². The molecule has 1 aliphatic rings. The minimum absolute atomic E-state index is 0.107. The molecule has 0 aromatic carbocycles. The first kappa shape index (κ1) is 28.2. The first-order valence-electron chi connectivity index (χ1n) is 8.05. The van der Waals surface area contributed by atoms with Gasteiger partial charge in [-0.05, 0) is 19.3 Å². The van der Waals surface area contributed by atoms with E-state index in [1.165, 1.54) is 0 Å². The van der Waals surface area contributed by atoms with E-state index in [0.717, 1.165) is 45.4 Å². The summed E-state index contributed by atoms with van der Waals surface area (Å²) in [7, 11) is 0. The van der Waals surface area contributed by atoms with Crippen molar-refractivity contribution in [2.75, 3.05) is 26.1 Å². The lowest BCUT2D eigenvalue weighted by molar-refractivity contribution is 0.607. The van der Waals surface area contributed by atoms with Crippen molar-refractivity contribution in [1.29, 1.82) is 0 Å². The molecule has 156 valence electrons. The van der Waals surface area contributed by atoms with Gasteiger partial charge in [-0.2, -0.15) is 88.4 Å². The van der Waals surface area contributed by atoms with Crippen LogP contribution in [0.5, 0.6) is 0 Å². The van der Waals surface area contributed by atoms with Gasteiger partial charge in [-0.1, -0.05) is 0 Å². The highest BCUT2D eigenvalue weighted by atomic mass is 32.2. The fraction of sp³-hybridized carbons (Fsp3) is 1.00. The Bertz CT molecular complexity index is 364. The van der Waals surface area contributed by atoms with E-state index in [0.29, 0.717) is 15.1 Å². The van der Waals surface area contributed by atoms with Gasteiger partial charge < -0.3 is 0 Å². The van der Waals surface area contributed by atoms with E-state index < -0.39 is 0 Å². The summed E-state index contributed by atoms with van der Waals surface area (Å²) >= 11 is 42.4. The highest BCUT2D eigenvalue weighted by molar-refractivity contribution is 8.29. The third-order valence-electron chi connectivity index (χ3n) is 4.01. The van der Waals surface area contributed by atoms with Crippen LogP contribution in [0.3, 0.4) is 0 Å². The van der Waals surface area contributed by atoms with Crippen LogP contribution < -0.4 is 0 Å². The van der Waals surface area contributed by atoms with Crippen molar-refractivity contribution in [3.8, 4) is 0 Å². The quantitative estimate of drug-likeness (QED) is 0.0903. The second-order valence-electron chi connectivity index (χ2n) is 5.60. The predicted octanol–water partition coefficient (Wildman–Crippen LogP) is 6.67. The predicted molar refractivity (Wildman–Crippen MR) is 161 cm³/mol. The highest BCUT2D eigenvalue weighted by Crippen LogP contribution is 2.53. The second-order valence-corrected chi connectivity index (χ2v) is 17.1. The lowest BCUT2D eigenvalue weighted by Gasteiger charge is -2.42. The third-order valence-corrected chi connectivity index (χ3v) is 16.0. The third kappa shape index (κ3) is 8.98. The molecule has 12 heteroatoms. The molecule has 1 fully saturated rings. The minimum atomic E-state index is -0.107. The summed E-state index contributed by atoms with van der Waals surface area (Å²) < 4.78 is 0.500. The lowest BCUT2D eigenvalue weighted by atomic mass is 10.1. The number of thioether (sulfide) groups is 5. The molecule has 0 aliphatic carbocycles. The van der Waals surface area contributed by atoms with Crippen molar-refractivity contribution in [3.63, 3.8) is 0 Å². The molecule has 26 heavy (non-hydrogen) atoms. The van der Waals surface area contributed by atoms with E-state index in [2.05, 4.69) is 74.9 Å². The molecular weight excluding hydrogens is 553 g/mol. The summed E-state index contributed by atoms with van der Waals surface area (Å²) in [6.45, 7) is 0. The first-order chi connectivity index (χ1) is 12.4. The van der Waals surface area contributed by atoms with Crippen molar-refractivity contribution in [3.05, 3.63) is 0 Å². The van der Waals surface area contributed by atoms with Gasteiger partial charge in [-0.25, -0.2) is 0 Å². The van der Waals surface area contributed by atoms with E-state index in [9.17, 15) is 0 Å². The summed E-state index contributed by atoms with van der Waals surface area (Å²) in [4.78, 5) is 0. The molecule has 0 spiro atoms. The van der Waals surface area contributed by atoms with Crippen LogP contribution in [0, 0.1) is 0 Å². The Labute approximate surface area is 219 Å². The zero-order valence-electron chi connectivity index (χ0n) is 14.2.